The maximum atomic E-state index is 11.4. The number of benzene rings is 2. The van der Waals surface area contributed by atoms with E-state index in [1.165, 1.54) is 18.2 Å². The highest BCUT2D eigenvalue weighted by atomic mass is 16.5. The Morgan fingerprint density at radius 1 is 1.07 bits per heavy atom. The van der Waals surface area contributed by atoms with Gasteiger partial charge >= 0.3 is 6.09 Å². The van der Waals surface area contributed by atoms with Crippen LogP contribution in [0.4, 0.5) is 10.5 Å². The predicted molar refractivity (Wildman–Crippen MR) is 110 cm³/mol. The molecular formula is C22H20N4O2. The van der Waals surface area contributed by atoms with Crippen LogP contribution in [0.3, 0.4) is 0 Å². The molecular weight excluding hydrogens is 352 g/mol. The summed E-state index contributed by atoms with van der Waals surface area (Å²) in [6, 6.07) is 17.8. The highest BCUT2D eigenvalue weighted by Gasteiger charge is 2.12. The summed E-state index contributed by atoms with van der Waals surface area (Å²) in [4.78, 5) is 16.1. The van der Waals surface area contributed by atoms with Crippen LogP contribution in [0, 0.1) is 13.8 Å². The Morgan fingerprint density at radius 2 is 1.93 bits per heavy atom. The van der Waals surface area contributed by atoms with Gasteiger partial charge in [-0.05, 0) is 43.7 Å². The van der Waals surface area contributed by atoms with E-state index < -0.39 is 6.09 Å². The van der Waals surface area contributed by atoms with E-state index in [-0.39, 0.29) is 0 Å². The molecule has 4 aromatic rings. The second-order valence-electron chi connectivity index (χ2n) is 6.68. The number of pyridine rings is 1. The number of anilines is 1. The van der Waals surface area contributed by atoms with Gasteiger partial charge in [0.25, 0.3) is 0 Å². The molecule has 0 unspecified atom stereocenters. The van der Waals surface area contributed by atoms with Crippen LogP contribution in [0.5, 0.6) is 0 Å². The minimum Gasteiger partial charge on any atom is -0.453 e. The van der Waals surface area contributed by atoms with Gasteiger partial charge in [0.05, 0.1) is 18.5 Å². The van der Waals surface area contributed by atoms with Crippen molar-refractivity contribution in [3.63, 3.8) is 0 Å². The number of hydrogen-bond acceptors (Lipinski definition) is 4. The number of aromatic nitrogens is 3. The van der Waals surface area contributed by atoms with Crippen molar-refractivity contribution in [3.8, 4) is 22.5 Å². The molecule has 2 aromatic carbocycles. The van der Waals surface area contributed by atoms with Crippen molar-refractivity contribution in [2.24, 2.45) is 0 Å². The fourth-order valence-corrected chi connectivity index (χ4v) is 3.28. The lowest BCUT2D eigenvalue weighted by Gasteiger charge is -2.07. The smallest absolute Gasteiger partial charge is 0.411 e. The number of hydrogen-bond donors (Lipinski definition) is 2. The van der Waals surface area contributed by atoms with Crippen LogP contribution in [-0.4, -0.2) is 28.4 Å². The van der Waals surface area contributed by atoms with Gasteiger partial charge in [-0.2, -0.15) is 5.10 Å². The van der Waals surface area contributed by atoms with Gasteiger partial charge < -0.3 is 4.74 Å². The SMILES string of the molecule is COC(=O)Nc1cccc(-c2ccc3c(-c4ccc(C)cc4C)[nH]nc3n2)c1. The van der Waals surface area contributed by atoms with Crippen molar-refractivity contribution >= 4 is 22.8 Å². The van der Waals surface area contributed by atoms with Crippen LogP contribution < -0.4 is 5.32 Å². The maximum Gasteiger partial charge on any atom is 0.411 e. The number of nitrogens with zero attached hydrogens (tertiary/aromatic N) is 2. The van der Waals surface area contributed by atoms with Crippen molar-refractivity contribution < 1.29 is 9.53 Å². The van der Waals surface area contributed by atoms with Gasteiger partial charge in [-0.3, -0.25) is 10.4 Å². The third-order valence-electron chi connectivity index (χ3n) is 4.66. The number of rotatable bonds is 3. The molecule has 6 nitrogen and oxygen atoms in total. The number of carbonyl (C=O) groups is 1. The number of H-pyrrole nitrogens is 1. The van der Waals surface area contributed by atoms with E-state index in [9.17, 15) is 4.79 Å². The molecule has 0 saturated carbocycles. The highest BCUT2D eigenvalue weighted by molar-refractivity contribution is 5.93. The highest BCUT2D eigenvalue weighted by Crippen LogP contribution is 2.30. The van der Waals surface area contributed by atoms with Crippen LogP contribution >= 0.6 is 0 Å². The zero-order valence-corrected chi connectivity index (χ0v) is 15.9. The van der Waals surface area contributed by atoms with Gasteiger partial charge in [0.2, 0.25) is 0 Å². The summed E-state index contributed by atoms with van der Waals surface area (Å²) in [5.74, 6) is 0. The van der Waals surface area contributed by atoms with Gasteiger partial charge in [0, 0.05) is 22.2 Å². The van der Waals surface area contributed by atoms with Crippen molar-refractivity contribution in [1.29, 1.82) is 0 Å². The van der Waals surface area contributed by atoms with E-state index in [2.05, 4.69) is 52.3 Å². The first kappa shape index (κ1) is 17.7. The summed E-state index contributed by atoms with van der Waals surface area (Å²) in [6.45, 7) is 4.18. The Kier molecular flexibility index (Phi) is 4.53. The Bertz CT molecular complexity index is 1180. The lowest BCUT2D eigenvalue weighted by molar-refractivity contribution is 0.187. The molecule has 0 fully saturated rings. The molecule has 0 aliphatic heterocycles. The van der Waals surface area contributed by atoms with Gasteiger partial charge in [-0.1, -0.05) is 35.9 Å². The quantitative estimate of drug-likeness (QED) is 0.525. The number of amides is 1. The molecule has 0 aliphatic rings. The van der Waals surface area contributed by atoms with Gasteiger partial charge in [0.15, 0.2) is 5.65 Å². The third-order valence-corrected chi connectivity index (χ3v) is 4.66. The Hall–Kier alpha value is -3.67. The average Bonchev–Trinajstić information content (AvgIpc) is 3.11. The van der Waals surface area contributed by atoms with E-state index in [0.29, 0.717) is 11.3 Å². The molecule has 0 atom stereocenters. The second kappa shape index (κ2) is 7.15. The molecule has 0 radical (unpaired) electrons. The zero-order chi connectivity index (χ0) is 19.7. The van der Waals surface area contributed by atoms with Crippen molar-refractivity contribution in [2.75, 3.05) is 12.4 Å². The Labute approximate surface area is 162 Å². The summed E-state index contributed by atoms with van der Waals surface area (Å²) in [5, 5.41) is 11.2. The summed E-state index contributed by atoms with van der Waals surface area (Å²) in [7, 11) is 1.33. The van der Waals surface area contributed by atoms with Crippen LogP contribution in [0.25, 0.3) is 33.5 Å². The topological polar surface area (TPSA) is 79.9 Å². The van der Waals surface area contributed by atoms with E-state index >= 15 is 0 Å². The van der Waals surface area contributed by atoms with Crippen molar-refractivity contribution in [1.82, 2.24) is 15.2 Å². The molecule has 1 amide bonds. The summed E-state index contributed by atoms with van der Waals surface area (Å²) in [6.07, 6.45) is -0.508. The minimum absolute atomic E-state index is 0.508. The van der Waals surface area contributed by atoms with Crippen LogP contribution in [0.2, 0.25) is 0 Å². The standard InChI is InChI=1S/C22H20N4O2/c1-13-7-8-17(14(2)11-13)20-18-9-10-19(24-21(18)26-25-20)15-5-4-6-16(12-15)23-22(27)28-3/h4-12H,1-3H3,(H,23,27)(H,24,25,26). The van der Waals surface area contributed by atoms with Crippen molar-refractivity contribution in [2.45, 2.75) is 13.8 Å². The number of methoxy groups -OCH3 is 1. The molecule has 2 N–H and O–H groups in total. The predicted octanol–water partition coefficient (Wildman–Crippen LogP) is 5.09. The fourth-order valence-electron chi connectivity index (χ4n) is 3.28. The van der Waals surface area contributed by atoms with Crippen LogP contribution in [0.1, 0.15) is 11.1 Å². The summed E-state index contributed by atoms with van der Waals surface area (Å²) in [5.41, 5.74) is 7.45. The molecule has 28 heavy (non-hydrogen) atoms. The van der Waals surface area contributed by atoms with Gasteiger partial charge in [0.1, 0.15) is 0 Å². The average molecular weight is 372 g/mol. The normalized spacial score (nSPS) is 10.8. The summed E-state index contributed by atoms with van der Waals surface area (Å²) < 4.78 is 4.64. The number of aromatic amines is 1. The van der Waals surface area contributed by atoms with E-state index in [1.54, 1.807) is 6.07 Å². The fraction of sp³-hybridized carbons (Fsp3) is 0.136. The Balaban J connectivity index is 1.72. The number of aryl methyl sites for hydroxylation is 2. The molecule has 2 aromatic heterocycles. The molecule has 140 valence electrons. The molecule has 4 rings (SSSR count). The molecule has 0 spiro atoms. The number of carbonyl (C=O) groups excluding carboxylic acids is 1. The van der Waals surface area contributed by atoms with E-state index in [4.69, 9.17) is 4.98 Å². The maximum absolute atomic E-state index is 11.4. The monoisotopic (exact) mass is 372 g/mol. The van der Waals surface area contributed by atoms with Gasteiger partial charge in [-0.25, -0.2) is 9.78 Å². The largest absolute Gasteiger partial charge is 0.453 e. The Morgan fingerprint density at radius 3 is 2.71 bits per heavy atom. The lowest BCUT2D eigenvalue weighted by atomic mass is 10.0. The first-order valence-electron chi connectivity index (χ1n) is 8.93. The molecule has 0 bridgehead atoms. The first-order valence-corrected chi connectivity index (χ1v) is 8.93. The van der Waals surface area contributed by atoms with Gasteiger partial charge in [-0.15, -0.1) is 0 Å². The molecule has 0 saturated heterocycles. The number of fused-ring (bicyclic) bond motifs is 1. The van der Waals surface area contributed by atoms with Crippen LogP contribution in [-0.2, 0) is 4.74 Å². The second-order valence-corrected chi connectivity index (χ2v) is 6.68. The van der Waals surface area contributed by atoms with E-state index in [1.807, 2.05) is 30.3 Å². The zero-order valence-electron chi connectivity index (χ0n) is 15.9. The molecule has 2 heterocycles. The minimum atomic E-state index is -0.508. The van der Waals surface area contributed by atoms with Crippen LogP contribution in [0.15, 0.2) is 54.6 Å². The summed E-state index contributed by atoms with van der Waals surface area (Å²) >= 11 is 0. The number of ether oxygens (including phenoxy) is 1. The molecule has 0 aliphatic carbocycles. The van der Waals surface area contributed by atoms with Crippen molar-refractivity contribution in [3.05, 3.63) is 65.7 Å². The third kappa shape index (κ3) is 3.32. The van der Waals surface area contributed by atoms with E-state index in [0.717, 1.165) is 27.9 Å². The lowest BCUT2D eigenvalue weighted by Crippen LogP contribution is -2.10. The molecule has 6 heteroatoms. The first-order chi connectivity index (χ1) is 13.5. The number of nitrogens with one attached hydrogen (secondary N) is 2.